The summed E-state index contributed by atoms with van der Waals surface area (Å²) in [6.07, 6.45) is 9.44. The molecule has 30 heavy (non-hydrogen) atoms. The lowest BCUT2D eigenvalue weighted by molar-refractivity contribution is 0.233. The number of urea groups is 2. The number of hydrogen-bond acceptors (Lipinski definition) is 4. The summed E-state index contributed by atoms with van der Waals surface area (Å²) in [5.74, 6) is 0. The summed E-state index contributed by atoms with van der Waals surface area (Å²) in [6.45, 7) is 0.448. The van der Waals surface area contributed by atoms with Crippen LogP contribution in [0.4, 0.5) is 21.0 Å². The van der Waals surface area contributed by atoms with Crippen molar-refractivity contribution in [3.63, 3.8) is 0 Å². The van der Waals surface area contributed by atoms with Crippen LogP contribution in [0.25, 0.3) is 0 Å². The van der Waals surface area contributed by atoms with Crippen LogP contribution in [0, 0.1) is 11.3 Å². The first-order valence-electron chi connectivity index (χ1n) is 10.2. The maximum atomic E-state index is 12.3. The fourth-order valence-electron chi connectivity index (χ4n) is 3.50. The van der Waals surface area contributed by atoms with E-state index in [1.54, 1.807) is 36.7 Å². The molecule has 0 unspecified atom stereocenters. The van der Waals surface area contributed by atoms with Crippen LogP contribution in [0.3, 0.4) is 0 Å². The molecule has 4 amide bonds. The van der Waals surface area contributed by atoms with Crippen molar-refractivity contribution in [2.75, 3.05) is 17.2 Å². The first-order chi connectivity index (χ1) is 14.6. The van der Waals surface area contributed by atoms with Gasteiger partial charge in [0.15, 0.2) is 0 Å². The average molecular weight is 406 g/mol. The molecular formula is C22H26N6O2. The number of hydrogen-bond donors (Lipinski definition) is 4. The summed E-state index contributed by atoms with van der Waals surface area (Å²) < 4.78 is 0. The monoisotopic (exact) mass is 406 g/mol. The van der Waals surface area contributed by atoms with Crippen LogP contribution in [0.5, 0.6) is 0 Å². The highest BCUT2D eigenvalue weighted by Crippen LogP contribution is 2.17. The van der Waals surface area contributed by atoms with Crippen molar-refractivity contribution < 1.29 is 9.59 Å². The van der Waals surface area contributed by atoms with Crippen molar-refractivity contribution in [2.24, 2.45) is 0 Å². The van der Waals surface area contributed by atoms with E-state index in [0.717, 1.165) is 18.4 Å². The molecule has 1 heterocycles. The highest BCUT2D eigenvalue weighted by Gasteiger charge is 2.15. The summed E-state index contributed by atoms with van der Waals surface area (Å²) in [5.41, 5.74) is 2.43. The van der Waals surface area contributed by atoms with E-state index in [4.69, 9.17) is 5.26 Å². The Balaban J connectivity index is 1.49. The van der Waals surface area contributed by atoms with Crippen LogP contribution in [0.15, 0.2) is 42.7 Å². The number of carbonyl (C=O) groups excluding carboxylic acids is 2. The van der Waals surface area contributed by atoms with E-state index in [0.29, 0.717) is 29.9 Å². The molecule has 1 fully saturated rings. The third-order valence-corrected chi connectivity index (χ3v) is 5.03. The molecule has 4 N–H and O–H groups in total. The van der Waals surface area contributed by atoms with Gasteiger partial charge in [-0.3, -0.25) is 4.98 Å². The zero-order chi connectivity index (χ0) is 21.2. The molecule has 1 saturated carbocycles. The minimum atomic E-state index is -0.428. The Kier molecular flexibility index (Phi) is 7.61. The topological polar surface area (TPSA) is 119 Å². The van der Waals surface area contributed by atoms with Gasteiger partial charge in [-0.1, -0.05) is 25.3 Å². The number of rotatable bonds is 6. The predicted molar refractivity (Wildman–Crippen MR) is 115 cm³/mol. The molecule has 1 aromatic heterocycles. The lowest BCUT2D eigenvalue weighted by Crippen LogP contribution is -2.43. The van der Waals surface area contributed by atoms with E-state index in [1.807, 2.05) is 12.1 Å². The van der Waals surface area contributed by atoms with E-state index in [9.17, 15) is 9.59 Å². The van der Waals surface area contributed by atoms with Gasteiger partial charge in [0, 0.05) is 24.5 Å². The molecule has 1 aliphatic carbocycles. The molecule has 8 nitrogen and oxygen atoms in total. The number of pyridine rings is 1. The zero-order valence-electron chi connectivity index (χ0n) is 16.8. The first kappa shape index (κ1) is 21.1. The number of carbonyl (C=O) groups is 2. The van der Waals surface area contributed by atoms with Crippen LogP contribution in [0.2, 0.25) is 0 Å². The predicted octanol–water partition coefficient (Wildman–Crippen LogP) is 3.77. The largest absolute Gasteiger partial charge is 0.338 e. The van der Waals surface area contributed by atoms with Gasteiger partial charge >= 0.3 is 12.1 Å². The number of aromatic nitrogens is 1. The summed E-state index contributed by atoms with van der Waals surface area (Å²) in [6, 6.07) is 10.2. The number of nitrogens with zero attached hydrogens (tertiary/aromatic N) is 2. The van der Waals surface area contributed by atoms with Crippen molar-refractivity contribution in [1.29, 1.82) is 5.26 Å². The summed E-state index contributed by atoms with van der Waals surface area (Å²) >= 11 is 0. The van der Waals surface area contributed by atoms with Gasteiger partial charge in [0.05, 0.1) is 23.5 Å². The summed E-state index contributed by atoms with van der Waals surface area (Å²) in [7, 11) is 0. The molecule has 2 aromatic rings. The van der Waals surface area contributed by atoms with Crippen molar-refractivity contribution in [3.05, 3.63) is 53.9 Å². The van der Waals surface area contributed by atoms with Crippen LogP contribution < -0.4 is 21.3 Å². The van der Waals surface area contributed by atoms with Crippen LogP contribution in [-0.2, 0) is 6.42 Å². The highest BCUT2D eigenvalue weighted by molar-refractivity contribution is 6.00. The molecule has 0 radical (unpaired) electrons. The van der Waals surface area contributed by atoms with Gasteiger partial charge < -0.3 is 21.3 Å². The second-order valence-electron chi connectivity index (χ2n) is 7.29. The van der Waals surface area contributed by atoms with E-state index in [2.05, 4.69) is 26.3 Å². The first-order valence-corrected chi connectivity index (χ1v) is 10.2. The molecule has 0 aliphatic heterocycles. The summed E-state index contributed by atoms with van der Waals surface area (Å²) in [5, 5.41) is 20.3. The third kappa shape index (κ3) is 6.48. The van der Waals surface area contributed by atoms with Gasteiger partial charge in [-0.15, -0.1) is 0 Å². The Labute approximate surface area is 176 Å². The molecule has 156 valence electrons. The molecule has 8 heteroatoms. The van der Waals surface area contributed by atoms with Crippen LogP contribution in [0.1, 0.15) is 43.2 Å². The number of amides is 4. The number of anilines is 2. The molecule has 0 bridgehead atoms. The molecule has 1 aliphatic rings. The Hall–Kier alpha value is -3.60. The lowest BCUT2D eigenvalue weighted by atomic mass is 9.96. The molecule has 0 spiro atoms. The van der Waals surface area contributed by atoms with Crippen molar-refractivity contribution in [2.45, 2.75) is 44.6 Å². The zero-order valence-corrected chi connectivity index (χ0v) is 16.8. The molecule has 3 rings (SSSR count). The number of nitrogens with one attached hydrogen (secondary N) is 4. The number of nitriles is 1. The molecule has 0 saturated heterocycles. The van der Waals surface area contributed by atoms with E-state index in [1.165, 1.54) is 19.3 Å². The molecular weight excluding hydrogens is 380 g/mol. The summed E-state index contributed by atoms with van der Waals surface area (Å²) in [4.78, 5) is 28.5. The highest BCUT2D eigenvalue weighted by atomic mass is 16.2. The normalized spacial score (nSPS) is 13.7. The minimum absolute atomic E-state index is 0.152. The quantitative estimate of drug-likeness (QED) is 0.584. The Bertz CT molecular complexity index is 918. The van der Waals surface area contributed by atoms with E-state index >= 15 is 0 Å². The van der Waals surface area contributed by atoms with Gasteiger partial charge in [0.2, 0.25) is 0 Å². The number of benzene rings is 1. The smallest absolute Gasteiger partial charge is 0.323 e. The fraction of sp³-hybridized carbons (Fsp3) is 0.364. The lowest BCUT2D eigenvalue weighted by Gasteiger charge is -2.22. The fourth-order valence-corrected chi connectivity index (χ4v) is 3.50. The third-order valence-electron chi connectivity index (χ3n) is 5.03. The van der Waals surface area contributed by atoms with Crippen LogP contribution >= 0.6 is 0 Å². The second kappa shape index (κ2) is 10.8. The second-order valence-corrected chi connectivity index (χ2v) is 7.29. The van der Waals surface area contributed by atoms with Gasteiger partial charge in [-0.25, -0.2) is 9.59 Å². The van der Waals surface area contributed by atoms with Crippen molar-refractivity contribution in [1.82, 2.24) is 15.6 Å². The Morgan fingerprint density at radius 2 is 1.93 bits per heavy atom. The maximum absolute atomic E-state index is 12.3. The Morgan fingerprint density at radius 1 is 1.10 bits per heavy atom. The SMILES string of the molecule is N#Cc1cccc(NC(=O)Nc2cnccc2CCNC(=O)NC2CCCCC2)c1. The van der Waals surface area contributed by atoms with E-state index < -0.39 is 6.03 Å². The average Bonchev–Trinajstić information content (AvgIpc) is 2.75. The Morgan fingerprint density at radius 3 is 2.73 bits per heavy atom. The van der Waals surface area contributed by atoms with Gasteiger partial charge in [-0.2, -0.15) is 5.26 Å². The van der Waals surface area contributed by atoms with Gasteiger partial charge in [0.1, 0.15) is 0 Å². The molecule has 1 aromatic carbocycles. The molecule has 0 atom stereocenters. The standard InChI is InChI=1S/C22H26N6O2/c23-14-16-5-4-8-19(13-16)27-22(30)28-20-15-24-11-9-17(20)10-12-25-21(29)26-18-6-2-1-3-7-18/h4-5,8-9,11,13,15,18H,1-3,6-7,10,12H2,(H2,25,26,29)(H2,27,28,30). The minimum Gasteiger partial charge on any atom is -0.338 e. The van der Waals surface area contributed by atoms with Gasteiger partial charge in [-0.05, 0) is 49.1 Å². The van der Waals surface area contributed by atoms with Crippen LogP contribution in [-0.4, -0.2) is 29.6 Å². The van der Waals surface area contributed by atoms with Crippen molar-refractivity contribution >= 4 is 23.4 Å². The maximum Gasteiger partial charge on any atom is 0.323 e. The van der Waals surface area contributed by atoms with E-state index in [-0.39, 0.29) is 12.1 Å². The van der Waals surface area contributed by atoms with Crippen molar-refractivity contribution in [3.8, 4) is 6.07 Å². The van der Waals surface area contributed by atoms with Gasteiger partial charge in [0.25, 0.3) is 0 Å².